The molecule has 0 fully saturated rings. The molecule has 0 N–H and O–H groups in total. The second kappa shape index (κ2) is 10.7. The highest BCUT2D eigenvalue weighted by Gasteiger charge is 2.12. The molecular formula is C34H28Cl2. The Bertz CT molecular complexity index is 1340. The van der Waals surface area contributed by atoms with Gasteiger partial charge in [-0.3, -0.25) is 0 Å². The van der Waals surface area contributed by atoms with E-state index in [1.807, 2.05) is 24.3 Å². The normalized spacial score (nSPS) is 11.0. The van der Waals surface area contributed by atoms with Gasteiger partial charge in [0.1, 0.15) is 0 Å². The Morgan fingerprint density at radius 2 is 0.639 bits per heavy atom. The summed E-state index contributed by atoms with van der Waals surface area (Å²) in [6.07, 6.45) is 1.96. The lowest BCUT2D eigenvalue weighted by Crippen LogP contribution is -1.96. The van der Waals surface area contributed by atoms with Crippen LogP contribution >= 0.6 is 23.2 Å². The average molecular weight is 508 g/mol. The van der Waals surface area contributed by atoms with E-state index >= 15 is 0 Å². The van der Waals surface area contributed by atoms with Gasteiger partial charge in [0.25, 0.3) is 0 Å². The zero-order valence-electron chi connectivity index (χ0n) is 20.6. The summed E-state index contributed by atoms with van der Waals surface area (Å²) < 4.78 is 0. The number of aryl methyl sites for hydroxylation is 2. The first-order valence-corrected chi connectivity index (χ1v) is 13.2. The molecule has 0 aliphatic heterocycles. The molecule has 0 atom stereocenters. The number of hydrogen-bond donors (Lipinski definition) is 0. The van der Waals surface area contributed by atoms with Gasteiger partial charge >= 0.3 is 0 Å². The second-order valence-electron chi connectivity index (χ2n) is 9.04. The molecule has 0 saturated carbocycles. The molecule has 0 heterocycles. The summed E-state index contributed by atoms with van der Waals surface area (Å²) in [6.45, 7) is 4.47. The fraction of sp³-hybridized carbons (Fsp3) is 0.118. The van der Waals surface area contributed by atoms with E-state index in [2.05, 4.69) is 98.8 Å². The maximum absolute atomic E-state index is 6.06. The summed E-state index contributed by atoms with van der Waals surface area (Å²) in [5.74, 6) is 0. The minimum absolute atomic E-state index is 0.759. The van der Waals surface area contributed by atoms with Crippen LogP contribution in [0.4, 0.5) is 0 Å². The lowest BCUT2D eigenvalue weighted by Gasteiger charge is -2.17. The standard InChI is InChI=1S/C34H28Cl2/c1-3-23-21-34(30-11-7-26(8-12-30)28-15-19-32(36)20-16-28)24(4-2)22-33(23)29-9-5-25(6-10-29)27-13-17-31(35)18-14-27/h5-22H,3-4H2,1-2H3. The smallest absolute Gasteiger partial charge is 0.0406 e. The van der Waals surface area contributed by atoms with Crippen LogP contribution in [0.1, 0.15) is 25.0 Å². The molecule has 0 aromatic heterocycles. The van der Waals surface area contributed by atoms with Crippen molar-refractivity contribution >= 4 is 23.2 Å². The van der Waals surface area contributed by atoms with Crippen LogP contribution in [0.2, 0.25) is 10.0 Å². The second-order valence-corrected chi connectivity index (χ2v) is 9.91. The van der Waals surface area contributed by atoms with E-state index in [0.717, 1.165) is 22.9 Å². The van der Waals surface area contributed by atoms with Crippen molar-refractivity contribution in [3.05, 3.63) is 130 Å². The maximum Gasteiger partial charge on any atom is 0.0406 e. The zero-order valence-corrected chi connectivity index (χ0v) is 22.1. The Hall–Kier alpha value is -3.32. The van der Waals surface area contributed by atoms with Gasteiger partial charge in [-0.05, 0) is 92.7 Å². The maximum atomic E-state index is 6.06. The van der Waals surface area contributed by atoms with Gasteiger partial charge < -0.3 is 0 Å². The van der Waals surface area contributed by atoms with Crippen molar-refractivity contribution in [1.29, 1.82) is 0 Å². The highest BCUT2D eigenvalue weighted by atomic mass is 35.5. The van der Waals surface area contributed by atoms with E-state index in [4.69, 9.17) is 23.2 Å². The molecule has 178 valence electrons. The first kappa shape index (κ1) is 24.4. The predicted octanol–water partition coefficient (Wildman–Crippen LogP) is 10.8. The van der Waals surface area contributed by atoms with E-state index in [1.54, 1.807) is 0 Å². The molecule has 0 radical (unpaired) electrons. The highest BCUT2D eigenvalue weighted by molar-refractivity contribution is 6.30. The average Bonchev–Trinajstić information content (AvgIpc) is 2.93. The molecule has 0 amide bonds. The Kier molecular flexibility index (Phi) is 7.28. The van der Waals surface area contributed by atoms with Crippen molar-refractivity contribution < 1.29 is 0 Å². The lowest BCUT2D eigenvalue weighted by molar-refractivity contribution is 1.11. The van der Waals surface area contributed by atoms with Crippen LogP contribution in [-0.2, 0) is 12.8 Å². The molecule has 36 heavy (non-hydrogen) atoms. The third-order valence-electron chi connectivity index (χ3n) is 6.84. The number of rotatable bonds is 6. The van der Waals surface area contributed by atoms with E-state index in [-0.39, 0.29) is 0 Å². The van der Waals surface area contributed by atoms with Crippen molar-refractivity contribution in [2.75, 3.05) is 0 Å². The van der Waals surface area contributed by atoms with Crippen LogP contribution < -0.4 is 0 Å². The van der Waals surface area contributed by atoms with Crippen LogP contribution in [0.15, 0.2) is 109 Å². The van der Waals surface area contributed by atoms with Gasteiger partial charge in [0.05, 0.1) is 0 Å². The summed E-state index contributed by atoms with van der Waals surface area (Å²) in [7, 11) is 0. The number of benzene rings is 5. The van der Waals surface area contributed by atoms with Crippen LogP contribution in [0.5, 0.6) is 0 Å². The Morgan fingerprint density at radius 3 is 0.917 bits per heavy atom. The molecule has 2 heteroatoms. The summed E-state index contributed by atoms with van der Waals surface area (Å²) in [5.41, 5.74) is 12.6. The Morgan fingerprint density at radius 1 is 0.389 bits per heavy atom. The fourth-order valence-corrected chi connectivity index (χ4v) is 5.03. The van der Waals surface area contributed by atoms with Gasteiger partial charge in [0, 0.05) is 10.0 Å². The van der Waals surface area contributed by atoms with Gasteiger partial charge in [0.2, 0.25) is 0 Å². The molecule has 0 bridgehead atoms. The molecule has 5 rings (SSSR count). The van der Waals surface area contributed by atoms with Crippen LogP contribution in [0.25, 0.3) is 44.5 Å². The van der Waals surface area contributed by atoms with Crippen molar-refractivity contribution in [2.24, 2.45) is 0 Å². The largest absolute Gasteiger partial charge is 0.0843 e. The lowest BCUT2D eigenvalue weighted by atomic mass is 9.88. The van der Waals surface area contributed by atoms with Crippen LogP contribution in [0.3, 0.4) is 0 Å². The minimum atomic E-state index is 0.759. The van der Waals surface area contributed by atoms with E-state index < -0.39 is 0 Å². The summed E-state index contributed by atoms with van der Waals surface area (Å²) in [4.78, 5) is 0. The summed E-state index contributed by atoms with van der Waals surface area (Å²) in [5, 5.41) is 1.52. The quantitative estimate of drug-likeness (QED) is 0.214. The molecular weight excluding hydrogens is 479 g/mol. The van der Waals surface area contributed by atoms with Crippen LogP contribution in [-0.4, -0.2) is 0 Å². The van der Waals surface area contributed by atoms with Crippen molar-refractivity contribution in [1.82, 2.24) is 0 Å². The molecule has 0 aliphatic rings. The van der Waals surface area contributed by atoms with Crippen LogP contribution in [0, 0.1) is 0 Å². The number of halogens is 2. The third kappa shape index (κ3) is 5.12. The third-order valence-corrected chi connectivity index (χ3v) is 7.34. The van der Waals surface area contributed by atoms with E-state index in [1.165, 1.54) is 55.6 Å². The fourth-order valence-electron chi connectivity index (χ4n) is 4.78. The first-order chi connectivity index (χ1) is 17.6. The van der Waals surface area contributed by atoms with Gasteiger partial charge in [-0.15, -0.1) is 0 Å². The highest BCUT2D eigenvalue weighted by Crippen LogP contribution is 2.35. The molecule has 0 spiro atoms. The summed E-state index contributed by atoms with van der Waals surface area (Å²) >= 11 is 12.1. The Labute approximate surface area is 224 Å². The zero-order chi connectivity index (χ0) is 25.1. The van der Waals surface area contributed by atoms with Crippen molar-refractivity contribution in [2.45, 2.75) is 26.7 Å². The topological polar surface area (TPSA) is 0 Å². The molecule has 5 aromatic carbocycles. The first-order valence-electron chi connectivity index (χ1n) is 12.4. The molecule has 0 aliphatic carbocycles. The molecule has 0 unspecified atom stereocenters. The minimum Gasteiger partial charge on any atom is -0.0843 e. The molecule has 0 saturated heterocycles. The van der Waals surface area contributed by atoms with Gasteiger partial charge in [0.15, 0.2) is 0 Å². The molecule has 5 aromatic rings. The van der Waals surface area contributed by atoms with Gasteiger partial charge in [-0.1, -0.05) is 122 Å². The SMILES string of the molecule is CCc1cc(-c2ccc(-c3ccc(Cl)cc3)cc2)c(CC)cc1-c1ccc(-c2ccc(Cl)cc2)cc1. The Balaban J connectivity index is 1.48. The summed E-state index contributed by atoms with van der Waals surface area (Å²) in [6, 6.07) is 38.5. The van der Waals surface area contributed by atoms with E-state index in [0.29, 0.717) is 0 Å². The monoisotopic (exact) mass is 506 g/mol. The predicted molar refractivity (Wildman–Crippen MR) is 157 cm³/mol. The van der Waals surface area contributed by atoms with Crippen molar-refractivity contribution in [3.63, 3.8) is 0 Å². The number of hydrogen-bond acceptors (Lipinski definition) is 0. The molecule has 0 nitrogen and oxygen atoms in total. The van der Waals surface area contributed by atoms with Gasteiger partial charge in [-0.25, -0.2) is 0 Å². The van der Waals surface area contributed by atoms with Crippen molar-refractivity contribution in [3.8, 4) is 44.5 Å². The van der Waals surface area contributed by atoms with Gasteiger partial charge in [-0.2, -0.15) is 0 Å². The van der Waals surface area contributed by atoms with E-state index in [9.17, 15) is 0 Å².